The van der Waals surface area contributed by atoms with Crippen molar-refractivity contribution in [1.82, 2.24) is 5.32 Å². The Morgan fingerprint density at radius 1 is 1.40 bits per heavy atom. The van der Waals surface area contributed by atoms with Gasteiger partial charge in [-0.2, -0.15) is 0 Å². The van der Waals surface area contributed by atoms with E-state index >= 15 is 0 Å². The number of hydrogen-bond acceptors (Lipinski definition) is 3. The smallest absolute Gasteiger partial charge is 0.304 e. The molecule has 0 radical (unpaired) electrons. The summed E-state index contributed by atoms with van der Waals surface area (Å²) in [6.45, 7) is 5.75. The number of carboxylic acids is 1. The van der Waals surface area contributed by atoms with E-state index in [9.17, 15) is 9.59 Å². The van der Waals surface area contributed by atoms with Gasteiger partial charge < -0.3 is 10.4 Å². The number of amides is 1. The van der Waals surface area contributed by atoms with Crippen LogP contribution in [0, 0.1) is 0 Å². The maximum Gasteiger partial charge on any atom is 0.304 e. The SMILES string of the molecule is CCC(SCCC(=O)O)C(=O)NC(C)C. The summed E-state index contributed by atoms with van der Waals surface area (Å²) in [4.78, 5) is 21.9. The Kier molecular flexibility index (Phi) is 7.21. The number of hydrogen-bond donors (Lipinski definition) is 2. The van der Waals surface area contributed by atoms with Gasteiger partial charge in [-0.25, -0.2) is 0 Å². The molecule has 0 bridgehead atoms. The molecule has 0 rings (SSSR count). The van der Waals surface area contributed by atoms with Crippen LogP contribution >= 0.6 is 11.8 Å². The summed E-state index contributed by atoms with van der Waals surface area (Å²) in [5, 5.41) is 11.2. The quantitative estimate of drug-likeness (QED) is 0.699. The van der Waals surface area contributed by atoms with Crippen molar-refractivity contribution in [2.45, 2.75) is 44.9 Å². The number of carbonyl (C=O) groups is 2. The molecule has 0 heterocycles. The molecular formula is C10H19NO3S. The molecule has 15 heavy (non-hydrogen) atoms. The van der Waals surface area contributed by atoms with Gasteiger partial charge in [0.15, 0.2) is 0 Å². The lowest BCUT2D eigenvalue weighted by Crippen LogP contribution is -2.37. The van der Waals surface area contributed by atoms with Crippen LogP contribution in [0.5, 0.6) is 0 Å². The summed E-state index contributed by atoms with van der Waals surface area (Å²) in [6.07, 6.45) is 0.832. The zero-order chi connectivity index (χ0) is 11.8. The monoisotopic (exact) mass is 233 g/mol. The number of thioether (sulfide) groups is 1. The van der Waals surface area contributed by atoms with Gasteiger partial charge in [0.2, 0.25) is 5.91 Å². The molecule has 88 valence electrons. The molecule has 0 aromatic carbocycles. The summed E-state index contributed by atoms with van der Waals surface area (Å²) < 4.78 is 0. The first-order valence-electron chi connectivity index (χ1n) is 5.11. The summed E-state index contributed by atoms with van der Waals surface area (Å²) >= 11 is 1.41. The van der Waals surface area contributed by atoms with E-state index in [1.807, 2.05) is 20.8 Å². The van der Waals surface area contributed by atoms with Gasteiger partial charge in [0.1, 0.15) is 0 Å². The third kappa shape index (κ3) is 7.25. The second kappa shape index (κ2) is 7.56. The molecule has 2 N–H and O–H groups in total. The van der Waals surface area contributed by atoms with Crippen LogP contribution in [0.2, 0.25) is 0 Å². The molecule has 4 nitrogen and oxygen atoms in total. The molecular weight excluding hydrogens is 214 g/mol. The minimum Gasteiger partial charge on any atom is -0.481 e. The lowest BCUT2D eigenvalue weighted by molar-refractivity contribution is -0.136. The van der Waals surface area contributed by atoms with E-state index in [1.165, 1.54) is 11.8 Å². The number of rotatable bonds is 7. The van der Waals surface area contributed by atoms with Crippen molar-refractivity contribution in [3.63, 3.8) is 0 Å². The maximum atomic E-state index is 11.6. The second-order valence-corrected chi connectivity index (χ2v) is 4.89. The molecule has 0 aliphatic heterocycles. The fourth-order valence-electron chi connectivity index (χ4n) is 1.04. The predicted octanol–water partition coefficient (Wildman–Crippen LogP) is 1.50. The van der Waals surface area contributed by atoms with Crippen molar-refractivity contribution in [2.75, 3.05) is 5.75 Å². The Labute approximate surface area is 94.8 Å². The lowest BCUT2D eigenvalue weighted by Gasteiger charge is -2.16. The molecule has 0 aliphatic rings. The summed E-state index contributed by atoms with van der Waals surface area (Å²) in [7, 11) is 0. The van der Waals surface area contributed by atoms with Crippen LogP contribution in [-0.4, -0.2) is 34.0 Å². The van der Waals surface area contributed by atoms with Crippen molar-refractivity contribution in [3.05, 3.63) is 0 Å². The molecule has 0 aliphatic carbocycles. The topological polar surface area (TPSA) is 66.4 Å². The minimum atomic E-state index is -0.818. The van der Waals surface area contributed by atoms with Crippen molar-refractivity contribution in [3.8, 4) is 0 Å². The standard InChI is InChI=1S/C10H19NO3S/c1-4-8(10(14)11-7(2)3)15-6-5-9(12)13/h7-8H,4-6H2,1-3H3,(H,11,14)(H,12,13). The highest BCUT2D eigenvalue weighted by Crippen LogP contribution is 2.15. The lowest BCUT2D eigenvalue weighted by atomic mass is 10.3. The molecule has 0 saturated heterocycles. The number of carboxylic acid groups (broad SMARTS) is 1. The first-order chi connectivity index (χ1) is 6.97. The van der Waals surface area contributed by atoms with Crippen LogP contribution in [0.25, 0.3) is 0 Å². The summed E-state index contributed by atoms with van der Waals surface area (Å²) in [6, 6.07) is 0.131. The Morgan fingerprint density at radius 2 is 2.00 bits per heavy atom. The van der Waals surface area contributed by atoms with Gasteiger partial charge >= 0.3 is 5.97 Å². The van der Waals surface area contributed by atoms with E-state index < -0.39 is 5.97 Å². The number of nitrogens with one attached hydrogen (secondary N) is 1. The zero-order valence-electron chi connectivity index (χ0n) is 9.45. The van der Waals surface area contributed by atoms with Gasteiger partial charge in [-0.3, -0.25) is 9.59 Å². The number of aliphatic carboxylic acids is 1. The van der Waals surface area contributed by atoms with Crippen molar-refractivity contribution in [1.29, 1.82) is 0 Å². The van der Waals surface area contributed by atoms with Crippen molar-refractivity contribution >= 4 is 23.6 Å². The fraction of sp³-hybridized carbons (Fsp3) is 0.800. The maximum absolute atomic E-state index is 11.6. The van der Waals surface area contributed by atoms with Crippen LogP contribution < -0.4 is 5.32 Å². The molecule has 1 amide bonds. The molecule has 0 fully saturated rings. The Balaban J connectivity index is 3.90. The van der Waals surface area contributed by atoms with Crippen LogP contribution in [0.1, 0.15) is 33.6 Å². The summed E-state index contributed by atoms with van der Waals surface area (Å²) in [5.74, 6) is -0.330. The molecule has 0 spiro atoms. The zero-order valence-corrected chi connectivity index (χ0v) is 10.3. The van der Waals surface area contributed by atoms with E-state index in [4.69, 9.17) is 5.11 Å². The van der Waals surface area contributed by atoms with Gasteiger partial charge in [-0.05, 0) is 20.3 Å². The summed E-state index contributed by atoms with van der Waals surface area (Å²) in [5.41, 5.74) is 0. The Morgan fingerprint density at radius 3 is 2.40 bits per heavy atom. The Bertz CT molecular complexity index is 219. The molecule has 1 atom stereocenters. The van der Waals surface area contributed by atoms with Gasteiger partial charge in [0.05, 0.1) is 11.7 Å². The van der Waals surface area contributed by atoms with Gasteiger partial charge in [-0.15, -0.1) is 11.8 Å². The van der Waals surface area contributed by atoms with Crippen LogP contribution in [0.4, 0.5) is 0 Å². The van der Waals surface area contributed by atoms with E-state index in [0.717, 1.165) is 6.42 Å². The van der Waals surface area contributed by atoms with Crippen LogP contribution in [-0.2, 0) is 9.59 Å². The third-order valence-electron chi connectivity index (χ3n) is 1.73. The number of carbonyl (C=O) groups excluding carboxylic acids is 1. The highest BCUT2D eigenvalue weighted by atomic mass is 32.2. The van der Waals surface area contributed by atoms with Crippen molar-refractivity contribution < 1.29 is 14.7 Å². The van der Waals surface area contributed by atoms with Crippen LogP contribution in [0.3, 0.4) is 0 Å². The van der Waals surface area contributed by atoms with Gasteiger partial charge in [0.25, 0.3) is 0 Å². The average Bonchev–Trinajstić information content (AvgIpc) is 2.10. The van der Waals surface area contributed by atoms with E-state index in [2.05, 4.69) is 5.32 Å². The molecule has 5 heteroatoms. The first kappa shape index (κ1) is 14.3. The fourth-order valence-corrected chi connectivity index (χ4v) is 2.08. The molecule has 0 aromatic heterocycles. The predicted molar refractivity (Wildman–Crippen MR) is 62.1 cm³/mol. The van der Waals surface area contributed by atoms with Crippen molar-refractivity contribution in [2.24, 2.45) is 0 Å². The highest BCUT2D eigenvalue weighted by Gasteiger charge is 2.17. The van der Waals surface area contributed by atoms with Gasteiger partial charge in [-0.1, -0.05) is 6.92 Å². The largest absolute Gasteiger partial charge is 0.481 e. The first-order valence-corrected chi connectivity index (χ1v) is 6.16. The normalized spacial score (nSPS) is 12.5. The van der Waals surface area contributed by atoms with Gasteiger partial charge in [0, 0.05) is 11.8 Å². The van der Waals surface area contributed by atoms with E-state index in [0.29, 0.717) is 5.75 Å². The average molecular weight is 233 g/mol. The Hall–Kier alpha value is -0.710. The highest BCUT2D eigenvalue weighted by molar-refractivity contribution is 8.00. The molecule has 0 saturated carbocycles. The molecule has 1 unspecified atom stereocenters. The van der Waals surface area contributed by atoms with Crippen LogP contribution in [0.15, 0.2) is 0 Å². The minimum absolute atomic E-state index is 0.00267. The van der Waals surface area contributed by atoms with E-state index in [1.54, 1.807) is 0 Å². The second-order valence-electron chi connectivity index (χ2n) is 3.57. The third-order valence-corrected chi connectivity index (χ3v) is 3.12. The molecule has 0 aromatic rings. The van der Waals surface area contributed by atoms with E-state index in [-0.39, 0.29) is 23.6 Å².